The minimum absolute atomic E-state index is 0.380. The lowest BCUT2D eigenvalue weighted by Crippen LogP contribution is -2.28. The highest BCUT2D eigenvalue weighted by Gasteiger charge is 2.18. The highest BCUT2D eigenvalue weighted by molar-refractivity contribution is 7.22. The first-order valence-corrected chi connectivity index (χ1v) is 9.55. The van der Waals surface area contributed by atoms with Crippen LogP contribution in [-0.2, 0) is 11.3 Å². The Balaban J connectivity index is 1.67. The molecule has 1 N–H and O–H groups in total. The van der Waals surface area contributed by atoms with Crippen LogP contribution in [0.25, 0.3) is 20.7 Å². The molecule has 0 aliphatic rings. The molecule has 146 valence electrons. The third kappa shape index (κ3) is 3.54. The van der Waals surface area contributed by atoms with Crippen LogP contribution in [0.2, 0.25) is 0 Å². The lowest BCUT2D eigenvalue weighted by atomic mass is 10.1. The van der Waals surface area contributed by atoms with Gasteiger partial charge < -0.3 is 5.32 Å². The average molecular weight is 411 g/mol. The van der Waals surface area contributed by atoms with Crippen LogP contribution in [0.3, 0.4) is 0 Å². The molecule has 2 aromatic carbocycles. The van der Waals surface area contributed by atoms with Gasteiger partial charge in [-0.2, -0.15) is 0 Å². The van der Waals surface area contributed by atoms with Crippen molar-refractivity contribution in [2.24, 2.45) is 0 Å². The van der Waals surface area contributed by atoms with Gasteiger partial charge in [0.05, 0.1) is 11.7 Å². The molecular weight excluding hydrogens is 396 g/mol. The molecule has 0 fully saturated rings. The SMILES string of the molecule is Cc1c(-c2ccccc2)sc2ncn(CC(=O)Nc3c(F)cccc3F)c(=O)c12. The average Bonchev–Trinajstić information content (AvgIpc) is 3.05. The van der Waals surface area contributed by atoms with Crippen LogP contribution in [0.5, 0.6) is 0 Å². The number of carbonyl (C=O) groups is 1. The number of benzene rings is 2. The van der Waals surface area contributed by atoms with Gasteiger partial charge in [-0.15, -0.1) is 11.3 Å². The van der Waals surface area contributed by atoms with Gasteiger partial charge >= 0.3 is 0 Å². The molecule has 0 unspecified atom stereocenters. The third-order valence-electron chi connectivity index (χ3n) is 4.49. The number of aromatic nitrogens is 2. The Morgan fingerprint density at radius 2 is 1.79 bits per heavy atom. The van der Waals surface area contributed by atoms with Crippen molar-refractivity contribution in [2.75, 3.05) is 5.32 Å². The van der Waals surface area contributed by atoms with Crippen LogP contribution in [0.15, 0.2) is 59.7 Å². The molecule has 4 aromatic rings. The van der Waals surface area contributed by atoms with E-state index in [1.807, 2.05) is 37.3 Å². The van der Waals surface area contributed by atoms with Crippen LogP contribution in [0.1, 0.15) is 5.56 Å². The summed E-state index contributed by atoms with van der Waals surface area (Å²) in [5.41, 5.74) is 0.836. The van der Waals surface area contributed by atoms with Crippen LogP contribution in [-0.4, -0.2) is 15.5 Å². The van der Waals surface area contributed by atoms with E-state index >= 15 is 0 Å². The van der Waals surface area contributed by atoms with Crippen LogP contribution in [0, 0.1) is 18.6 Å². The molecule has 29 heavy (non-hydrogen) atoms. The normalized spacial score (nSPS) is 11.0. The number of nitrogens with one attached hydrogen (secondary N) is 1. The van der Waals surface area contributed by atoms with E-state index in [-0.39, 0.29) is 5.56 Å². The number of hydrogen-bond donors (Lipinski definition) is 1. The summed E-state index contributed by atoms with van der Waals surface area (Å²) >= 11 is 1.40. The maximum atomic E-state index is 13.7. The molecule has 0 aliphatic carbocycles. The van der Waals surface area contributed by atoms with E-state index < -0.39 is 29.8 Å². The van der Waals surface area contributed by atoms with Gasteiger partial charge in [-0.25, -0.2) is 13.8 Å². The van der Waals surface area contributed by atoms with Gasteiger partial charge in [0.15, 0.2) is 0 Å². The quantitative estimate of drug-likeness (QED) is 0.543. The zero-order valence-electron chi connectivity index (χ0n) is 15.3. The molecule has 0 bridgehead atoms. The third-order valence-corrected chi connectivity index (χ3v) is 5.74. The van der Waals surface area contributed by atoms with Gasteiger partial charge in [-0.05, 0) is 30.2 Å². The van der Waals surface area contributed by atoms with Gasteiger partial charge in [0.1, 0.15) is 28.7 Å². The summed E-state index contributed by atoms with van der Waals surface area (Å²) in [6, 6.07) is 12.9. The van der Waals surface area contributed by atoms with E-state index in [1.165, 1.54) is 23.7 Å². The number of nitrogens with zero attached hydrogens (tertiary/aromatic N) is 2. The standard InChI is InChI=1S/C21H15F2N3O2S/c1-12-17-20(29-19(12)13-6-3-2-4-7-13)24-11-26(21(17)28)10-16(27)25-18-14(22)8-5-9-15(18)23/h2-9,11H,10H2,1H3,(H,25,27). The lowest BCUT2D eigenvalue weighted by molar-refractivity contribution is -0.116. The van der Waals surface area contributed by atoms with Crippen LogP contribution < -0.4 is 10.9 Å². The molecular formula is C21H15F2N3O2S. The summed E-state index contributed by atoms with van der Waals surface area (Å²) < 4.78 is 28.6. The molecule has 2 heterocycles. The number of hydrogen-bond acceptors (Lipinski definition) is 4. The number of rotatable bonds is 4. The van der Waals surface area contributed by atoms with Crippen molar-refractivity contribution in [3.63, 3.8) is 0 Å². The molecule has 8 heteroatoms. The maximum absolute atomic E-state index is 13.7. The topological polar surface area (TPSA) is 64.0 Å². The first-order chi connectivity index (χ1) is 14.0. The molecule has 2 aromatic heterocycles. The number of para-hydroxylation sites is 1. The van der Waals surface area contributed by atoms with E-state index in [9.17, 15) is 18.4 Å². The molecule has 1 amide bonds. The predicted octanol–water partition coefficient (Wildman–Crippen LogP) is 4.35. The fourth-order valence-corrected chi connectivity index (χ4v) is 4.23. The minimum Gasteiger partial charge on any atom is -0.320 e. The fraction of sp³-hybridized carbons (Fsp3) is 0.0952. The molecule has 0 aliphatic heterocycles. The summed E-state index contributed by atoms with van der Waals surface area (Å²) in [6.45, 7) is 1.43. The fourth-order valence-electron chi connectivity index (χ4n) is 3.09. The van der Waals surface area contributed by atoms with Crippen LogP contribution in [0.4, 0.5) is 14.5 Å². The van der Waals surface area contributed by atoms with Crippen molar-refractivity contribution in [3.8, 4) is 10.4 Å². The summed E-state index contributed by atoms with van der Waals surface area (Å²) in [4.78, 5) is 31.0. The second-order valence-electron chi connectivity index (χ2n) is 6.42. The number of carbonyl (C=O) groups excluding carboxylic acids is 1. The number of aryl methyl sites for hydroxylation is 1. The Bertz CT molecular complexity index is 1260. The maximum Gasteiger partial charge on any atom is 0.262 e. The lowest BCUT2D eigenvalue weighted by Gasteiger charge is -2.09. The molecule has 0 radical (unpaired) electrons. The van der Waals surface area contributed by atoms with Gasteiger partial charge in [-0.3, -0.25) is 14.2 Å². The summed E-state index contributed by atoms with van der Waals surface area (Å²) in [5.74, 6) is -2.51. The molecule has 4 rings (SSSR count). The van der Waals surface area contributed by atoms with Crippen molar-refractivity contribution >= 4 is 33.1 Å². The highest BCUT2D eigenvalue weighted by Crippen LogP contribution is 2.35. The molecule has 5 nitrogen and oxygen atoms in total. The highest BCUT2D eigenvalue weighted by atomic mass is 32.1. The number of amides is 1. The minimum atomic E-state index is -0.888. The first kappa shape index (κ1) is 18.9. The number of anilines is 1. The Morgan fingerprint density at radius 3 is 2.48 bits per heavy atom. The van der Waals surface area contributed by atoms with Crippen molar-refractivity contribution in [3.05, 3.63) is 82.4 Å². The Kier molecular flexibility index (Phi) is 4.94. The molecule has 0 atom stereocenters. The van der Waals surface area contributed by atoms with E-state index in [0.717, 1.165) is 32.7 Å². The van der Waals surface area contributed by atoms with E-state index in [2.05, 4.69) is 10.3 Å². The Hall–Kier alpha value is -3.39. The zero-order valence-corrected chi connectivity index (χ0v) is 16.1. The predicted molar refractivity (Wildman–Crippen MR) is 109 cm³/mol. The van der Waals surface area contributed by atoms with Crippen molar-refractivity contribution in [1.29, 1.82) is 0 Å². The largest absolute Gasteiger partial charge is 0.320 e. The summed E-state index contributed by atoms with van der Waals surface area (Å²) in [6.07, 6.45) is 1.27. The van der Waals surface area contributed by atoms with E-state index in [0.29, 0.717) is 10.2 Å². The van der Waals surface area contributed by atoms with Gasteiger partial charge in [0.25, 0.3) is 5.56 Å². The summed E-state index contributed by atoms with van der Waals surface area (Å²) in [7, 11) is 0. The van der Waals surface area contributed by atoms with Gasteiger partial charge in [0, 0.05) is 4.88 Å². The second kappa shape index (κ2) is 7.56. The van der Waals surface area contributed by atoms with Gasteiger partial charge in [-0.1, -0.05) is 36.4 Å². The van der Waals surface area contributed by atoms with Gasteiger partial charge in [0.2, 0.25) is 5.91 Å². The van der Waals surface area contributed by atoms with Crippen molar-refractivity contribution < 1.29 is 13.6 Å². The van der Waals surface area contributed by atoms with Crippen molar-refractivity contribution in [2.45, 2.75) is 13.5 Å². The Morgan fingerprint density at radius 1 is 1.10 bits per heavy atom. The summed E-state index contributed by atoms with van der Waals surface area (Å²) in [5, 5.41) is 2.61. The van der Waals surface area contributed by atoms with E-state index in [4.69, 9.17) is 0 Å². The van der Waals surface area contributed by atoms with Crippen molar-refractivity contribution in [1.82, 2.24) is 9.55 Å². The molecule has 0 spiro atoms. The second-order valence-corrected chi connectivity index (χ2v) is 7.42. The molecule has 0 saturated heterocycles. The number of halogens is 2. The van der Waals surface area contributed by atoms with E-state index in [1.54, 1.807) is 0 Å². The monoisotopic (exact) mass is 411 g/mol. The Labute approximate surface area is 168 Å². The zero-order chi connectivity index (χ0) is 20.5. The number of thiophene rings is 1. The number of fused-ring (bicyclic) bond motifs is 1. The smallest absolute Gasteiger partial charge is 0.262 e. The molecule has 0 saturated carbocycles. The van der Waals surface area contributed by atoms with Crippen LogP contribution >= 0.6 is 11.3 Å². The first-order valence-electron chi connectivity index (χ1n) is 8.73.